The number of aliphatic hydroxyl groups is 1. The van der Waals surface area contributed by atoms with E-state index in [1.54, 1.807) is 6.07 Å². The average Bonchev–Trinajstić information content (AvgIpc) is 2.38. The Kier molecular flexibility index (Phi) is 6.58. The molecule has 1 unspecified atom stereocenters. The molecule has 0 radical (unpaired) electrons. The van der Waals surface area contributed by atoms with Gasteiger partial charge in [0.25, 0.3) is 0 Å². The SMILES string of the molecule is CC(CO)CCCNc1cc(OC(C)C)c(F)cc1N. The Morgan fingerprint density at radius 3 is 2.65 bits per heavy atom. The van der Waals surface area contributed by atoms with Gasteiger partial charge < -0.3 is 20.9 Å². The van der Waals surface area contributed by atoms with Crippen LogP contribution < -0.4 is 15.8 Å². The zero-order valence-corrected chi connectivity index (χ0v) is 12.4. The third-order valence-electron chi connectivity index (χ3n) is 2.97. The largest absolute Gasteiger partial charge is 0.488 e. The summed E-state index contributed by atoms with van der Waals surface area (Å²) < 4.78 is 19.1. The molecule has 0 saturated carbocycles. The van der Waals surface area contributed by atoms with Crippen LogP contribution in [-0.2, 0) is 0 Å². The van der Waals surface area contributed by atoms with Crippen molar-refractivity contribution in [2.45, 2.75) is 39.7 Å². The summed E-state index contributed by atoms with van der Waals surface area (Å²) in [5.41, 5.74) is 6.84. The Balaban J connectivity index is 2.60. The predicted molar refractivity (Wildman–Crippen MR) is 80.5 cm³/mol. The highest BCUT2D eigenvalue weighted by atomic mass is 19.1. The highest BCUT2D eigenvalue weighted by Crippen LogP contribution is 2.29. The van der Waals surface area contributed by atoms with Gasteiger partial charge in [-0.3, -0.25) is 0 Å². The fourth-order valence-electron chi connectivity index (χ4n) is 1.83. The number of rotatable bonds is 8. The molecule has 5 heteroatoms. The van der Waals surface area contributed by atoms with Gasteiger partial charge >= 0.3 is 0 Å². The molecule has 0 amide bonds. The lowest BCUT2D eigenvalue weighted by Gasteiger charge is -2.15. The first kappa shape index (κ1) is 16.6. The van der Waals surface area contributed by atoms with E-state index in [9.17, 15) is 4.39 Å². The second-order valence-electron chi connectivity index (χ2n) is 5.39. The number of benzene rings is 1. The van der Waals surface area contributed by atoms with Gasteiger partial charge in [-0.2, -0.15) is 0 Å². The summed E-state index contributed by atoms with van der Waals surface area (Å²) in [5.74, 6) is 0.0540. The second-order valence-corrected chi connectivity index (χ2v) is 5.39. The Hall–Kier alpha value is -1.49. The van der Waals surface area contributed by atoms with Gasteiger partial charge in [-0.05, 0) is 32.6 Å². The number of nitrogen functional groups attached to an aromatic ring is 1. The first-order valence-electron chi connectivity index (χ1n) is 7.04. The molecule has 4 N–H and O–H groups in total. The summed E-state index contributed by atoms with van der Waals surface area (Å²) in [7, 11) is 0. The van der Waals surface area contributed by atoms with Crippen molar-refractivity contribution in [2.24, 2.45) is 5.92 Å². The van der Waals surface area contributed by atoms with E-state index in [1.165, 1.54) is 6.07 Å². The molecule has 1 aromatic carbocycles. The number of hydrogen-bond donors (Lipinski definition) is 3. The van der Waals surface area contributed by atoms with Crippen LogP contribution in [0.5, 0.6) is 5.75 Å². The van der Waals surface area contributed by atoms with E-state index in [0.29, 0.717) is 17.3 Å². The molecule has 1 rings (SSSR count). The molecule has 0 saturated heterocycles. The topological polar surface area (TPSA) is 67.5 Å². The van der Waals surface area contributed by atoms with Gasteiger partial charge in [0.05, 0.1) is 17.5 Å². The molecule has 0 aliphatic carbocycles. The molecule has 114 valence electrons. The molecule has 1 atom stereocenters. The minimum absolute atomic E-state index is 0.0913. The van der Waals surface area contributed by atoms with E-state index in [0.717, 1.165) is 19.4 Å². The van der Waals surface area contributed by atoms with Gasteiger partial charge in [0.2, 0.25) is 0 Å². The van der Waals surface area contributed by atoms with Crippen LogP contribution in [0.3, 0.4) is 0 Å². The van der Waals surface area contributed by atoms with Gasteiger partial charge in [-0.15, -0.1) is 0 Å². The summed E-state index contributed by atoms with van der Waals surface area (Å²) in [6.07, 6.45) is 1.75. The molecule has 0 fully saturated rings. The van der Waals surface area contributed by atoms with Crippen molar-refractivity contribution < 1.29 is 14.2 Å². The number of halogens is 1. The van der Waals surface area contributed by atoms with Gasteiger partial charge in [-0.1, -0.05) is 6.92 Å². The minimum Gasteiger partial charge on any atom is -0.488 e. The van der Waals surface area contributed by atoms with Crippen LogP contribution in [0.2, 0.25) is 0 Å². The second kappa shape index (κ2) is 7.94. The summed E-state index contributed by atoms with van der Waals surface area (Å²) >= 11 is 0. The third-order valence-corrected chi connectivity index (χ3v) is 2.97. The lowest BCUT2D eigenvalue weighted by Crippen LogP contribution is -2.10. The Labute approximate surface area is 120 Å². The third kappa shape index (κ3) is 5.25. The summed E-state index contributed by atoms with van der Waals surface area (Å²) in [6.45, 7) is 6.62. The number of aliphatic hydroxyl groups excluding tert-OH is 1. The first-order chi connectivity index (χ1) is 9.43. The fourth-order valence-corrected chi connectivity index (χ4v) is 1.83. The zero-order valence-electron chi connectivity index (χ0n) is 12.4. The highest BCUT2D eigenvalue weighted by molar-refractivity contribution is 5.68. The van der Waals surface area contributed by atoms with E-state index < -0.39 is 5.82 Å². The maximum absolute atomic E-state index is 13.7. The quantitative estimate of drug-likeness (QED) is 0.507. The van der Waals surface area contributed by atoms with Crippen molar-refractivity contribution in [3.63, 3.8) is 0 Å². The Morgan fingerprint density at radius 1 is 1.35 bits per heavy atom. The summed E-state index contributed by atoms with van der Waals surface area (Å²) in [4.78, 5) is 0. The number of hydrogen-bond acceptors (Lipinski definition) is 4. The van der Waals surface area contributed by atoms with Crippen LogP contribution >= 0.6 is 0 Å². The Morgan fingerprint density at radius 2 is 2.05 bits per heavy atom. The number of anilines is 2. The van der Waals surface area contributed by atoms with E-state index in [4.69, 9.17) is 15.6 Å². The molecule has 0 bridgehead atoms. The summed E-state index contributed by atoms with van der Waals surface area (Å²) in [5, 5.41) is 12.1. The molecule has 0 heterocycles. The molecule has 4 nitrogen and oxygen atoms in total. The number of ether oxygens (including phenoxy) is 1. The summed E-state index contributed by atoms with van der Waals surface area (Å²) in [6, 6.07) is 2.87. The van der Waals surface area contributed by atoms with Crippen LogP contribution in [0.4, 0.5) is 15.8 Å². The lowest BCUT2D eigenvalue weighted by molar-refractivity contribution is 0.229. The van der Waals surface area contributed by atoms with Crippen molar-refractivity contribution in [3.05, 3.63) is 17.9 Å². The first-order valence-corrected chi connectivity index (χ1v) is 7.04. The van der Waals surface area contributed by atoms with Gasteiger partial charge in [0.15, 0.2) is 11.6 Å². The van der Waals surface area contributed by atoms with Crippen LogP contribution in [0.15, 0.2) is 12.1 Å². The maximum Gasteiger partial charge on any atom is 0.167 e. The van der Waals surface area contributed by atoms with E-state index in [-0.39, 0.29) is 18.5 Å². The number of nitrogens with one attached hydrogen (secondary N) is 1. The van der Waals surface area contributed by atoms with Crippen molar-refractivity contribution in [3.8, 4) is 5.75 Å². The normalized spacial score (nSPS) is 12.5. The van der Waals surface area contributed by atoms with Crippen LogP contribution in [0, 0.1) is 11.7 Å². The molecule has 1 aromatic rings. The van der Waals surface area contributed by atoms with Gasteiger partial charge in [0.1, 0.15) is 0 Å². The van der Waals surface area contributed by atoms with Crippen LogP contribution in [0.1, 0.15) is 33.6 Å². The zero-order chi connectivity index (χ0) is 15.1. The van der Waals surface area contributed by atoms with Crippen molar-refractivity contribution in [2.75, 3.05) is 24.2 Å². The van der Waals surface area contributed by atoms with E-state index in [1.807, 2.05) is 20.8 Å². The van der Waals surface area contributed by atoms with Crippen molar-refractivity contribution in [1.82, 2.24) is 0 Å². The van der Waals surface area contributed by atoms with Gasteiger partial charge in [0, 0.05) is 25.3 Å². The molecular formula is C15H25FN2O2. The van der Waals surface area contributed by atoms with Gasteiger partial charge in [-0.25, -0.2) is 4.39 Å². The lowest BCUT2D eigenvalue weighted by atomic mass is 10.1. The monoisotopic (exact) mass is 284 g/mol. The fraction of sp³-hybridized carbons (Fsp3) is 0.600. The van der Waals surface area contributed by atoms with Crippen molar-refractivity contribution in [1.29, 1.82) is 0 Å². The molecule has 0 aliphatic rings. The predicted octanol–water partition coefficient (Wildman–Crippen LogP) is 3.02. The molecule has 0 aromatic heterocycles. The van der Waals surface area contributed by atoms with E-state index in [2.05, 4.69) is 5.32 Å². The van der Waals surface area contributed by atoms with Crippen LogP contribution in [0.25, 0.3) is 0 Å². The maximum atomic E-state index is 13.7. The molecule has 0 aliphatic heterocycles. The standard InChI is InChI=1S/C15H25FN2O2/c1-10(2)20-15-8-14(13(17)7-12(15)16)18-6-4-5-11(3)9-19/h7-8,10-11,18-19H,4-6,9,17H2,1-3H3. The molecule has 20 heavy (non-hydrogen) atoms. The van der Waals surface area contributed by atoms with Crippen molar-refractivity contribution >= 4 is 11.4 Å². The highest BCUT2D eigenvalue weighted by Gasteiger charge is 2.10. The Bertz CT molecular complexity index is 425. The number of nitrogens with two attached hydrogens (primary N) is 1. The molecule has 0 spiro atoms. The molecular weight excluding hydrogens is 259 g/mol. The minimum atomic E-state index is -0.448. The van der Waals surface area contributed by atoms with E-state index >= 15 is 0 Å². The van der Waals surface area contributed by atoms with Crippen LogP contribution in [-0.4, -0.2) is 24.4 Å². The average molecular weight is 284 g/mol. The smallest absolute Gasteiger partial charge is 0.167 e.